The van der Waals surface area contributed by atoms with Gasteiger partial charge in [-0.1, -0.05) is 48.5 Å². The third-order valence-electron chi connectivity index (χ3n) is 8.61. The average molecular weight is 653 g/mol. The van der Waals surface area contributed by atoms with E-state index in [1.165, 1.54) is 18.3 Å². The second kappa shape index (κ2) is 11.0. The van der Waals surface area contributed by atoms with Crippen LogP contribution in [0.15, 0.2) is 94.5 Å². The molecule has 2 bridgehead atoms. The third-order valence-corrected chi connectivity index (χ3v) is 9.20. The predicted octanol–water partition coefficient (Wildman–Crippen LogP) is 6.56. The molecule has 0 saturated carbocycles. The topological polar surface area (TPSA) is 111 Å². The first-order valence-electron chi connectivity index (χ1n) is 14.3. The van der Waals surface area contributed by atoms with Crippen molar-refractivity contribution in [2.45, 2.75) is 25.4 Å². The highest BCUT2D eigenvalue weighted by Gasteiger charge is 2.61. The molecule has 2 atom stereocenters. The quantitative estimate of drug-likeness (QED) is 0.0923. The molecular weight excluding hydrogens is 626 g/mol. The van der Waals surface area contributed by atoms with Crippen LogP contribution in [-0.2, 0) is 16.2 Å². The molecule has 0 aromatic heterocycles. The number of nitro groups is 1. The number of amides is 2. The van der Waals surface area contributed by atoms with Crippen LogP contribution in [0.2, 0.25) is 0 Å². The predicted molar refractivity (Wildman–Crippen MR) is 166 cm³/mol. The van der Waals surface area contributed by atoms with Crippen LogP contribution >= 0.6 is 15.9 Å². The van der Waals surface area contributed by atoms with Gasteiger partial charge in [-0.3, -0.25) is 19.7 Å². The summed E-state index contributed by atoms with van der Waals surface area (Å²) in [5, 5.41) is 16.4. The Labute approximate surface area is 261 Å². The SMILES string of the molecule is CCOc1cc(/C=N/N2C(=O)C3C4c5ccccc5C(c5ccccc54)C3C2=O)cc(Br)c1OCc1ccc([N+](=O)[O-])cc1. The van der Waals surface area contributed by atoms with Crippen LogP contribution in [0.4, 0.5) is 5.69 Å². The van der Waals surface area contributed by atoms with Crippen molar-refractivity contribution in [2.24, 2.45) is 16.9 Å². The van der Waals surface area contributed by atoms with Gasteiger partial charge in [0.2, 0.25) is 0 Å². The summed E-state index contributed by atoms with van der Waals surface area (Å²) in [7, 11) is 0. The molecule has 1 heterocycles. The van der Waals surface area contributed by atoms with Gasteiger partial charge in [-0.05, 0) is 80.5 Å². The fraction of sp³-hybridized carbons (Fsp3) is 0.206. The Morgan fingerprint density at radius 3 is 1.91 bits per heavy atom. The van der Waals surface area contributed by atoms with Gasteiger partial charge in [-0.15, -0.1) is 0 Å². The van der Waals surface area contributed by atoms with Gasteiger partial charge in [0.25, 0.3) is 17.5 Å². The number of hydrogen-bond acceptors (Lipinski definition) is 7. The zero-order valence-corrected chi connectivity index (χ0v) is 25.1. The number of ether oxygens (including phenoxy) is 2. The van der Waals surface area contributed by atoms with E-state index in [2.05, 4.69) is 45.3 Å². The Balaban J connectivity index is 1.15. The fourth-order valence-corrected chi connectivity index (χ4v) is 7.41. The Kier molecular flexibility index (Phi) is 7.01. The van der Waals surface area contributed by atoms with Gasteiger partial charge in [0.1, 0.15) is 6.61 Å². The van der Waals surface area contributed by atoms with E-state index in [9.17, 15) is 19.7 Å². The lowest BCUT2D eigenvalue weighted by atomic mass is 9.55. The number of benzene rings is 4. The van der Waals surface area contributed by atoms with Crippen LogP contribution in [0.3, 0.4) is 0 Å². The number of hydrogen-bond donors (Lipinski definition) is 0. The van der Waals surface area contributed by atoms with Crippen LogP contribution in [0, 0.1) is 22.0 Å². The van der Waals surface area contributed by atoms with E-state index in [0.29, 0.717) is 28.1 Å². The minimum atomic E-state index is -0.504. The van der Waals surface area contributed by atoms with Crippen molar-refractivity contribution >= 4 is 39.6 Å². The van der Waals surface area contributed by atoms with Crippen molar-refractivity contribution < 1.29 is 24.0 Å². The summed E-state index contributed by atoms with van der Waals surface area (Å²) in [5.74, 6) is -1.08. The van der Waals surface area contributed by atoms with Gasteiger partial charge in [0.05, 0.1) is 34.1 Å². The zero-order valence-electron chi connectivity index (χ0n) is 23.6. The first kappa shape index (κ1) is 28.0. The summed E-state index contributed by atoms with van der Waals surface area (Å²) in [5.41, 5.74) is 5.80. The number of non-ortho nitro benzene ring substituents is 1. The van der Waals surface area contributed by atoms with E-state index in [-0.39, 0.29) is 35.9 Å². The summed E-state index contributed by atoms with van der Waals surface area (Å²) in [6.45, 7) is 2.39. The highest BCUT2D eigenvalue weighted by Crippen LogP contribution is 2.61. The molecule has 8 rings (SSSR count). The standard InChI is InChI=1S/C34H26BrN3O6/c1-2-43-27-16-20(15-26(35)32(27)44-18-19-11-13-21(14-12-19)38(41)42)17-36-37-33(39)30-28-22-7-3-4-8-23(22)29(31(30)34(37)40)25-10-6-5-9-24(25)28/h3-17,28-31H,2,18H2,1H3/b36-17+. The number of imide groups is 1. The smallest absolute Gasteiger partial charge is 0.269 e. The van der Waals surface area contributed by atoms with Crippen molar-refractivity contribution in [3.05, 3.63) is 133 Å². The molecule has 9 nitrogen and oxygen atoms in total. The van der Waals surface area contributed by atoms with Crippen molar-refractivity contribution in [1.82, 2.24) is 5.01 Å². The Morgan fingerprint density at radius 1 is 0.864 bits per heavy atom. The summed E-state index contributed by atoms with van der Waals surface area (Å²) >= 11 is 3.55. The van der Waals surface area contributed by atoms with Gasteiger partial charge >= 0.3 is 0 Å². The molecule has 1 saturated heterocycles. The van der Waals surface area contributed by atoms with E-state index < -0.39 is 16.8 Å². The van der Waals surface area contributed by atoms with Crippen molar-refractivity contribution in [1.29, 1.82) is 0 Å². The molecule has 0 spiro atoms. The van der Waals surface area contributed by atoms with Gasteiger partial charge < -0.3 is 9.47 Å². The summed E-state index contributed by atoms with van der Waals surface area (Å²) in [4.78, 5) is 38.2. The molecule has 4 aliphatic rings. The van der Waals surface area contributed by atoms with Crippen LogP contribution in [0.5, 0.6) is 11.5 Å². The van der Waals surface area contributed by atoms with E-state index in [1.807, 2.05) is 31.2 Å². The zero-order chi connectivity index (χ0) is 30.5. The fourth-order valence-electron chi connectivity index (χ4n) is 6.83. The Hall–Kier alpha value is -4.83. The van der Waals surface area contributed by atoms with E-state index in [0.717, 1.165) is 32.8 Å². The number of halogens is 1. The lowest BCUT2D eigenvalue weighted by molar-refractivity contribution is -0.384. The van der Waals surface area contributed by atoms with Crippen molar-refractivity contribution in [2.75, 3.05) is 6.61 Å². The summed E-state index contributed by atoms with van der Waals surface area (Å²) in [6.07, 6.45) is 1.49. The van der Waals surface area contributed by atoms with Gasteiger partial charge in [-0.2, -0.15) is 10.1 Å². The molecule has 44 heavy (non-hydrogen) atoms. The number of carbonyl (C=O) groups excluding carboxylic acids is 2. The van der Waals surface area contributed by atoms with E-state index >= 15 is 0 Å². The molecule has 0 N–H and O–H groups in total. The third kappa shape index (κ3) is 4.48. The maximum Gasteiger partial charge on any atom is 0.269 e. The van der Waals surface area contributed by atoms with Crippen LogP contribution < -0.4 is 9.47 Å². The number of carbonyl (C=O) groups is 2. The minimum Gasteiger partial charge on any atom is -0.490 e. The number of nitro benzene ring substituents is 1. The molecule has 2 amide bonds. The molecule has 3 aliphatic carbocycles. The molecule has 220 valence electrons. The first-order chi connectivity index (χ1) is 21.4. The van der Waals surface area contributed by atoms with Crippen LogP contribution in [0.1, 0.15) is 52.1 Å². The molecule has 1 fully saturated rings. The lowest BCUT2D eigenvalue weighted by Crippen LogP contribution is -2.41. The number of hydrazone groups is 1. The molecule has 4 aromatic rings. The summed E-state index contributed by atoms with van der Waals surface area (Å²) in [6, 6.07) is 25.9. The lowest BCUT2D eigenvalue weighted by Gasteiger charge is -2.45. The van der Waals surface area contributed by atoms with Crippen molar-refractivity contribution in [3.8, 4) is 11.5 Å². The highest BCUT2D eigenvalue weighted by atomic mass is 79.9. The van der Waals surface area contributed by atoms with E-state index in [4.69, 9.17) is 9.47 Å². The molecule has 10 heteroatoms. The molecule has 0 radical (unpaired) electrons. The van der Waals surface area contributed by atoms with E-state index in [1.54, 1.807) is 24.3 Å². The van der Waals surface area contributed by atoms with Crippen molar-refractivity contribution in [3.63, 3.8) is 0 Å². The monoisotopic (exact) mass is 651 g/mol. The first-order valence-corrected chi connectivity index (χ1v) is 15.1. The number of nitrogens with zero attached hydrogens (tertiary/aromatic N) is 3. The number of rotatable bonds is 8. The maximum absolute atomic E-state index is 13.8. The normalized spacial score (nSPS) is 21.3. The Bertz CT molecular complexity index is 1740. The van der Waals surface area contributed by atoms with Crippen LogP contribution in [0.25, 0.3) is 0 Å². The highest BCUT2D eigenvalue weighted by molar-refractivity contribution is 9.10. The average Bonchev–Trinajstić information content (AvgIpc) is 3.29. The molecular formula is C34H26BrN3O6. The minimum absolute atomic E-state index is 0.00419. The molecule has 1 aliphatic heterocycles. The molecule has 2 unspecified atom stereocenters. The largest absolute Gasteiger partial charge is 0.490 e. The van der Waals surface area contributed by atoms with Gasteiger partial charge in [0, 0.05) is 24.0 Å². The maximum atomic E-state index is 13.8. The van der Waals surface area contributed by atoms with Crippen LogP contribution in [-0.4, -0.2) is 34.6 Å². The summed E-state index contributed by atoms with van der Waals surface area (Å²) < 4.78 is 12.5. The Morgan fingerprint density at radius 2 is 1.41 bits per heavy atom. The van der Waals surface area contributed by atoms with Gasteiger partial charge in [-0.25, -0.2) is 0 Å². The second-order valence-electron chi connectivity index (χ2n) is 11.0. The second-order valence-corrected chi connectivity index (χ2v) is 11.8. The molecule has 4 aromatic carbocycles. The van der Waals surface area contributed by atoms with Gasteiger partial charge in [0.15, 0.2) is 11.5 Å².